The van der Waals surface area contributed by atoms with E-state index >= 15 is 0 Å². The standard InChI is InChI=1S/C58H43NS/c1-57(2)49-23-12-10-19-44(49)45-32-30-41(35-51(45)57)59(40-28-25-37(26-29-40)43-21-14-22-47-46-20-11-13-24-53(46)60-56(43)47)52-34-39-17-8-9-18-42(39)55-54(52)48-31-27-38(33-50(48)58(55,3)4)36-15-6-5-7-16-36/h5-35H,1-4H3. The predicted octanol–water partition coefficient (Wildman–Crippen LogP) is 16.6. The normalized spacial score (nSPS) is 14.3. The van der Waals surface area contributed by atoms with Crippen molar-refractivity contribution in [1.82, 2.24) is 0 Å². The zero-order chi connectivity index (χ0) is 40.3. The van der Waals surface area contributed by atoms with E-state index in [2.05, 4.69) is 221 Å². The van der Waals surface area contributed by atoms with Crippen LogP contribution in [-0.2, 0) is 10.8 Å². The third-order valence-corrected chi connectivity index (χ3v) is 14.8. The minimum Gasteiger partial charge on any atom is -0.310 e. The van der Waals surface area contributed by atoms with Crippen molar-refractivity contribution < 1.29 is 0 Å². The van der Waals surface area contributed by atoms with E-state index in [-0.39, 0.29) is 10.8 Å². The summed E-state index contributed by atoms with van der Waals surface area (Å²) in [6.07, 6.45) is 0. The molecule has 12 rings (SSSR count). The number of thiophene rings is 1. The van der Waals surface area contributed by atoms with Gasteiger partial charge in [-0.05, 0) is 114 Å². The van der Waals surface area contributed by atoms with Gasteiger partial charge in [-0.1, -0.05) is 173 Å². The highest BCUT2D eigenvalue weighted by molar-refractivity contribution is 7.26. The van der Waals surface area contributed by atoms with Crippen molar-refractivity contribution in [3.63, 3.8) is 0 Å². The van der Waals surface area contributed by atoms with Gasteiger partial charge in [0.05, 0.1) is 5.69 Å². The number of rotatable bonds is 5. The van der Waals surface area contributed by atoms with Crippen LogP contribution in [0.5, 0.6) is 0 Å². The van der Waals surface area contributed by atoms with Gasteiger partial charge in [0.2, 0.25) is 0 Å². The highest BCUT2D eigenvalue weighted by Crippen LogP contribution is 2.58. The fraction of sp³-hybridized carbons (Fsp3) is 0.103. The molecule has 0 aliphatic heterocycles. The highest BCUT2D eigenvalue weighted by atomic mass is 32.1. The van der Waals surface area contributed by atoms with Crippen LogP contribution in [0.2, 0.25) is 0 Å². The van der Waals surface area contributed by atoms with Crippen LogP contribution in [0.25, 0.3) is 75.5 Å². The smallest absolute Gasteiger partial charge is 0.0549 e. The molecule has 0 spiro atoms. The molecule has 0 saturated heterocycles. The predicted molar refractivity (Wildman–Crippen MR) is 258 cm³/mol. The van der Waals surface area contributed by atoms with E-state index < -0.39 is 0 Å². The molecule has 1 heterocycles. The van der Waals surface area contributed by atoms with E-state index in [4.69, 9.17) is 0 Å². The summed E-state index contributed by atoms with van der Waals surface area (Å²) in [5.74, 6) is 0. The maximum Gasteiger partial charge on any atom is 0.0549 e. The Morgan fingerprint density at radius 2 is 1.03 bits per heavy atom. The van der Waals surface area contributed by atoms with Crippen LogP contribution >= 0.6 is 11.3 Å². The Hall–Kier alpha value is -6.74. The van der Waals surface area contributed by atoms with Gasteiger partial charge in [-0.3, -0.25) is 0 Å². The van der Waals surface area contributed by atoms with Crippen molar-refractivity contribution in [2.24, 2.45) is 0 Å². The lowest BCUT2D eigenvalue weighted by atomic mass is 9.79. The molecule has 0 atom stereocenters. The van der Waals surface area contributed by atoms with E-state index in [1.54, 1.807) is 0 Å². The second kappa shape index (κ2) is 12.9. The fourth-order valence-corrected chi connectivity index (χ4v) is 11.9. The van der Waals surface area contributed by atoms with Crippen LogP contribution in [0.4, 0.5) is 17.1 Å². The Kier molecular flexibility index (Phi) is 7.56. The van der Waals surface area contributed by atoms with E-state index in [9.17, 15) is 0 Å². The van der Waals surface area contributed by atoms with Crippen molar-refractivity contribution in [2.45, 2.75) is 38.5 Å². The van der Waals surface area contributed by atoms with Crippen molar-refractivity contribution in [1.29, 1.82) is 0 Å². The van der Waals surface area contributed by atoms with E-state index in [1.807, 2.05) is 11.3 Å². The zero-order valence-electron chi connectivity index (χ0n) is 34.3. The maximum absolute atomic E-state index is 2.55. The lowest BCUT2D eigenvalue weighted by molar-refractivity contribution is 0.660. The molecule has 2 aliphatic rings. The van der Waals surface area contributed by atoms with Crippen molar-refractivity contribution >= 4 is 59.3 Å². The lowest BCUT2D eigenvalue weighted by Crippen LogP contribution is -2.18. The van der Waals surface area contributed by atoms with Crippen molar-refractivity contribution in [3.05, 3.63) is 210 Å². The molecular formula is C58H43NS. The highest BCUT2D eigenvalue weighted by Gasteiger charge is 2.41. The molecule has 1 nitrogen and oxygen atoms in total. The van der Waals surface area contributed by atoms with Crippen LogP contribution < -0.4 is 4.90 Å². The number of hydrogen-bond donors (Lipinski definition) is 0. The molecule has 0 fully saturated rings. The summed E-state index contributed by atoms with van der Waals surface area (Å²) < 4.78 is 2.67. The molecular weight excluding hydrogens is 743 g/mol. The zero-order valence-corrected chi connectivity index (χ0v) is 35.1. The van der Waals surface area contributed by atoms with Gasteiger partial charge in [-0.25, -0.2) is 0 Å². The Balaban J connectivity index is 1.10. The molecule has 60 heavy (non-hydrogen) atoms. The lowest BCUT2D eigenvalue weighted by Gasteiger charge is -2.31. The summed E-state index contributed by atoms with van der Waals surface area (Å²) in [7, 11) is 0. The average Bonchev–Trinajstić information content (AvgIpc) is 3.87. The number of anilines is 3. The Morgan fingerprint density at radius 1 is 0.400 bits per heavy atom. The number of nitrogens with zero attached hydrogens (tertiary/aromatic N) is 1. The van der Waals surface area contributed by atoms with Gasteiger partial charge in [0.1, 0.15) is 0 Å². The Bertz CT molecular complexity index is 3370. The van der Waals surface area contributed by atoms with Crippen LogP contribution in [-0.4, -0.2) is 0 Å². The SMILES string of the molecule is CC1(C)c2ccccc2-c2ccc(N(c3ccc(-c4cccc5c4sc4ccccc45)cc3)c3cc4ccccc4c4c3-c3ccc(-c5ccccc5)cc3C4(C)C)cc21. The quantitative estimate of drug-likeness (QED) is 0.168. The van der Waals surface area contributed by atoms with Gasteiger partial charge < -0.3 is 4.90 Å². The molecule has 9 aromatic carbocycles. The van der Waals surface area contributed by atoms with Crippen LogP contribution in [0, 0.1) is 0 Å². The third kappa shape index (κ3) is 5.04. The minimum absolute atomic E-state index is 0.131. The van der Waals surface area contributed by atoms with Gasteiger partial charge >= 0.3 is 0 Å². The van der Waals surface area contributed by atoms with Gasteiger partial charge in [-0.15, -0.1) is 11.3 Å². The van der Waals surface area contributed by atoms with E-state index in [1.165, 1.54) is 109 Å². The summed E-state index contributed by atoms with van der Waals surface area (Å²) in [5.41, 5.74) is 19.0. The summed E-state index contributed by atoms with van der Waals surface area (Å²) in [6, 6.07) is 70.5. The maximum atomic E-state index is 2.55. The van der Waals surface area contributed by atoms with E-state index in [0.717, 1.165) is 5.69 Å². The van der Waals surface area contributed by atoms with E-state index in [0.29, 0.717) is 0 Å². The van der Waals surface area contributed by atoms with Gasteiger partial charge in [0.15, 0.2) is 0 Å². The first-order valence-electron chi connectivity index (χ1n) is 21.1. The molecule has 286 valence electrons. The second-order valence-corrected chi connectivity index (χ2v) is 18.7. The second-order valence-electron chi connectivity index (χ2n) is 17.7. The monoisotopic (exact) mass is 785 g/mol. The molecule has 1 aromatic heterocycles. The largest absolute Gasteiger partial charge is 0.310 e. The topological polar surface area (TPSA) is 3.24 Å². The van der Waals surface area contributed by atoms with Gasteiger partial charge in [0, 0.05) is 47.9 Å². The Morgan fingerprint density at radius 3 is 1.88 bits per heavy atom. The van der Waals surface area contributed by atoms with Crippen LogP contribution in [0.1, 0.15) is 49.9 Å². The Labute approximate surface area is 355 Å². The number of hydrogen-bond acceptors (Lipinski definition) is 2. The molecule has 0 amide bonds. The summed E-state index contributed by atoms with van der Waals surface area (Å²) in [4.78, 5) is 2.55. The summed E-state index contributed by atoms with van der Waals surface area (Å²) in [6.45, 7) is 9.61. The van der Waals surface area contributed by atoms with Gasteiger partial charge in [0.25, 0.3) is 0 Å². The summed E-state index contributed by atoms with van der Waals surface area (Å²) in [5, 5.41) is 5.22. The fourth-order valence-electron chi connectivity index (χ4n) is 10.7. The summed E-state index contributed by atoms with van der Waals surface area (Å²) >= 11 is 1.89. The molecule has 0 N–H and O–H groups in total. The molecule has 0 radical (unpaired) electrons. The average molecular weight is 786 g/mol. The van der Waals surface area contributed by atoms with Crippen LogP contribution in [0.15, 0.2) is 188 Å². The molecule has 2 aliphatic carbocycles. The number of fused-ring (bicyclic) bond motifs is 11. The minimum atomic E-state index is -0.231. The molecule has 0 bridgehead atoms. The molecule has 2 heteroatoms. The molecule has 0 saturated carbocycles. The van der Waals surface area contributed by atoms with Crippen molar-refractivity contribution in [2.75, 3.05) is 4.90 Å². The first kappa shape index (κ1) is 35.2. The van der Waals surface area contributed by atoms with Crippen LogP contribution in [0.3, 0.4) is 0 Å². The molecule has 10 aromatic rings. The third-order valence-electron chi connectivity index (χ3n) is 13.6. The number of benzene rings is 9. The van der Waals surface area contributed by atoms with Gasteiger partial charge in [-0.2, -0.15) is 0 Å². The first-order chi connectivity index (χ1) is 29.3. The first-order valence-corrected chi connectivity index (χ1v) is 21.9. The molecule has 0 unspecified atom stereocenters. The van der Waals surface area contributed by atoms with Crippen molar-refractivity contribution in [3.8, 4) is 44.5 Å².